The Kier molecular flexibility index (Phi) is 7.24. The van der Waals surface area contributed by atoms with Crippen LogP contribution in [0.5, 0.6) is 0 Å². The van der Waals surface area contributed by atoms with Gasteiger partial charge in [0.15, 0.2) is 0 Å². The molecular weight excluding hydrogens is 277 g/mol. The molecule has 0 unspecified atom stereocenters. The number of thiol groups is 1. The van der Waals surface area contributed by atoms with Gasteiger partial charge >= 0.3 is 58.4 Å². The van der Waals surface area contributed by atoms with E-state index in [0.717, 1.165) is 6.07 Å². The average molecular weight is 285 g/mol. The Morgan fingerprint density at radius 3 is 2.41 bits per heavy atom. The second-order valence-corrected chi connectivity index (χ2v) is 3.56. The minimum absolute atomic E-state index is 0. The van der Waals surface area contributed by atoms with E-state index in [-0.39, 0.29) is 68.4 Å². The third-order valence-electron chi connectivity index (χ3n) is 2.22. The molecule has 1 aromatic rings. The zero-order valence-corrected chi connectivity index (χ0v) is 13.4. The summed E-state index contributed by atoms with van der Waals surface area (Å²) in [6.45, 7) is -3.72. The van der Waals surface area contributed by atoms with Crippen LogP contribution in [0.4, 0.5) is 18.6 Å². The molecule has 0 saturated heterocycles. The van der Waals surface area contributed by atoms with Crippen molar-refractivity contribution in [3.63, 3.8) is 0 Å². The first-order chi connectivity index (χ1) is 7.40. The van der Waals surface area contributed by atoms with Crippen molar-refractivity contribution in [3.05, 3.63) is 33.7 Å². The molecule has 0 aromatic heterocycles. The van der Waals surface area contributed by atoms with E-state index in [1.807, 2.05) is 0 Å². The van der Waals surface area contributed by atoms with Crippen LogP contribution in [0.1, 0.15) is 11.1 Å². The SMILES string of the molecule is Cc1c(CS)cc(N=[N+]=[N-])cc1[B-](F)(F)F.[K+]. The van der Waals surface area contributed by atoms with E-state index in [1.165, 1.54) is 13.0 Å². The first kappa shape index (κ1) is 17.4. The molecule has 0 fully saturated rings. The summed E-state index contributed by atoms with van der Waals surface area (Å²) >= 11 is 3.94. The van der Waals surface area contributed by atoms with Crippen LogP contribution in [-0.2, 0) is 5.75 Å². The first-order valence-electron chi connectivity index (χ1n) is 4.39. The summed E-state index contributed by atoms with van der Waals surface area (Å²) in [6.07, 6.45) is 0. The number of halogens is 3. The zero-order valence-electron chi connectivity index (χ0n) is 9.36. The number of hydrogen-bond acceptors (Lipinski definition) is 2. The summed E-state index contributed by atoms with van der Waals surface area (Å²) < 4.78 is 38.1. The third kappa shape index (κ3) is 4.51. The third-order valence-corrected chi connectivity index (χ3v) is 2.56. The first-order valence-corrected chi connectivity index (χ1v) is 5.02. The normalized spacial score (nSPS) is 10.4. The van der Waals surface area contributed by atoms with Crippen LogP contribution in [0, 0.1) is 6.92 Å². The second kappa shape index (κ2) is 7.08. The van der Waals surface area contributed by atoms with Crippen molar-refractivity contribution < 1.29 is 64.3 Å². The van der Waals surface area contributed by atoms with Gasteiger partial charge in [0.1, 0.15) is 0 Å². The Bertz CT molecular complexity index is 460. The van der Waals surface area contributed by atoms with Crippen molar-refractivity contribution >= 4 is 30.8 Å². The average Bonchev–Trinajstić information content (AvgIpc) is 2.19. The van der Waals surface area contributed by atoms with Crippen LogP contribution in [0.2, 0.25) is 0 Å². The van der Waals surface area contributed by atoms with Gasteiger partial charge in [-0.05, 0) is 24.1 Å². The molecule has 9 heteroatoms. The quantitative estimate of drug-likeness (QED) is 0.275. The number of benzene rings is 1. The fourth-order valence-electron chi connectivity index (χ4n) is 1.39. The molecule has 0 N–H and O–H groups in total. The van der Waals surface area contributed by atoms with E-state index in [1.54, 1.807) is 0 Å². The van der Waals surface area contributed by atoms with Crippen molar-refractivity contribution in [2.75, 3.05) is 0 Å². The molecule has 0 radical (unpaired) electrons. The van der Waals surface area contributed by atoms with Gasteiger partial charge in [0.05, 0.1) is 0 Å². The van der Waals surface area contributed by atoms with Gasteiger partial charge in [-0.1, -0.05) is 16.7 Å². The fourth-order valence-corrected chi connectivity index (χ4v) is 1.72. The van der Waals surface area contributed by atoms with Gasteiger partial charge in [-0.15, -0.1) is 5.46 Å². The maximum Gasteiger partial charge on any atom is 1.00 e. The minimum atomic E-state index is -5.11. The smallest absolute Gasteiger partial charge is 0.445 e. The molecule has 86 valence electrons. The number of hydrogen-bond donors (Lipinski definition) is 1. The number of azide groups is 1. The van der Waals surface area contributed by atoms with Gasteiger partial charge in [-0.25, -0.2) is 0 Å². The van der Waals surface area contributed by atoms with Crippen LogP contribution in [0.25, 0.3) is 10.4 Å². The van der Waals surface area contributed by atoms with Crippen LogP contribution < -0.4 is 56.8 Å². The Labute approximate surface area is 145 Å². The standard InChI is InChI=1S/C8H8BF3N3S.K/c1-5-6(4-16)2-7(14-15-13)3-8(5)9(10,11)12;/h2-3,16H,4H2,1H3;/q-1;+1. The van der Waals surface area contributed by atoms with E-state index in [4.69, 9.17) is 5.53 Å². The second-order valence-electron chi connectivity index (χ2n) is 3.24. The largest absolute Gasteiger partial charge is 1.00 e. The van der Waals surface area contributed by atoms with Gasteiger partial charge in [-0.3, -0.25) is 0 Å². The summed E-state index contributed by atoms with van der Waals surface area (Å²) in [5.41, 5.74) is 8.00. The predicted molar refractivity (Wildman–Crippen MR) is 61.4 cm³/mol. The summed E-state index contributed by atoms with van der Waals surface area (Å²) in [5, 5.41) is 3.19. The number of nitrogens with zero attached hydrogens (tertiary/aromatic N) is 3. The molecule has 0 saturated carbocycles. The van der Waals surface area contributed by atoms with E-state index >= 15 is 0 Å². The van der Waals surface area contributed by atoms with Gasteiger partial charge in [0, 0.05) is 16.4 Å². The molecule has 1 aromatic carbocycles. The van der Waals surface area contributed by atoms with Crippen LogP contribution in [0.15, 0.2) is 17.2 Å². The Balaban J connectivity index is 0.00000256. The van der Waals surface area contributed by atoms with Crippen molar-refractivity contribution in [2.45, 2.75) is 12.7 Å². The minimum Gasteiger partial charge on any atom is -0.445 e. The monoisotopic (exact) mass is 285 g/mol. The molecule has 0 aliphatic heterocycles. The molecule has 1 rings (SSSR count). The van der Waals surface area contributed by atoms with Crippen LogP contribution in [0.3, 0.4) is 0 Å². The Hall–Kier alpha value is 0.371. The fraction of sp³-hybridized carbons (Fsp3) is 0.250. The topological polar surface area (TPSA) is 48.8 Å². The molecule has 0 aliphatic rings. The maximum absolute atomic E-state index is 12.7. The van der Waals surface area contributed by atoms with Crippen molar-refractivity contribution in [2.24, 2.45) is 5.11 Å². The molecule has 0 spiro atoms. The molecule has 0 aliphatic carbocycles. The predicted octanol–water partition coefficient (Wildman–Crippen LogP) is 0.425. The Morgan fingerprint density at radius 2 is 2.00 bits per heavy atom. The van der Waals surface area contributed by atoms with E-state index in [9.17, 15) is 12.9 Å². The van der Waals surface area contributed by atoms with Crippen molar-refractivity contribution in [1.29, 1.82) is 0 Å². The van der Waals surface area contributed by atoms with Crippen LogP contribution >= 0.6 is 12.6 Å². The maximum atomic E-state index is 12.7. The van der Waals surface area contributed by atoms with E-state index in [2.05, 4.69) is 22.7 Å². The van der Waals surface area contributed by atoms with Crippen molar-refractivity contribution in [3.8, 4) is 0 Å². The van der Waals surface area contributed by atoms with Crippen molar-refractivity contribution in [1.82, 2.24) is 0 Å². The molecule has 0 bridgehead atoms. The summed E-state index contributed by atoms with van der Waals surface area (Å²) in [4.78, 5) is 2.47. The van der Waals surface area contributed by atoms with E-state index in [0.29, 0.717) is 5.56 Å². The summed E-state index contributed by atoms with van der Waals surface area (Å²) in [5.74, 6) is 0.166. The summed E-state index contributed by atoms with van der Waals surface area (Å²) in [7, 11) is 0. The van der Waals surface area contributed by atoms with Gasteiger partial charge in [0.25, 0.3) is 0 Å². The molecule has 17 heavy (non-hydrogen) atoms. The zero-order chi connectivity index (χ0) is 12.3. The van der Waals surface area contributed by atoms with Crippen LogP contribution in [-0.4, -0.2) is 6.98 Å². The van der Waals surface area contributed by atoms with Gasteiger partial charge in [-0.2, -0.15) is 12.6 Å². The molecule has 0 atom stereocenters. The van der Waals surface area contributed by atoms with E-state index < -0.39 is 12.4 Å². The van der Waals surface area contributed by atoms with Gasteiger partial charge < -0.3 is 12.9 Å². The molecule has 3 nitrogen and oxygen atoms in total. The number of rotatable bonds is 3. The molecule has 0 amide bonds. The Morgan fingerprint density at radius 1 is 1.41 bits per heavy atom. The molecular formula is C8H8BF3KN3S. The summed E-state index contributed by atoms with van der Waals surface area (Å²) in [6, 6.07) is 2.27. The molecule has 0 heterocycles. The van der Waals surface area contributed by atoms with Gasteiger partial charge in [0.2, 0.25) is 0 Å².